The van der Waals surface area contributed by atoms with Crippen LogP contribution in [0.1, 0.15) is 45.0 Å². The number of fused-ring (bicyclic) bond motifs is 1. The summed E-state index contributed by atoms with van der Waals surface area (Å²) in [5, 5.41) is 6.55. The third kappa shape index (κ3) is 4.45. The predicted octanol–water partition coefficient (Wildman–Crippen LogP) is 3.65. The van der Waals surface area contributed by atoms with Crippen molar-refractivity contribution in [3.05, 3.63) is 10.9 Å². The SMILES string of the molecule is COC(C)(C)C[C@H](C)N[C@@H](C)c1cc2c(s1)SCC(=O)N2. The molecule has 21 heavy (non-hydrogen) atoms. The van der Waals surface area contributed by atoms with E-state index in [1.165, 1.54) is 9.09 Å². The third-order valence-electron chi connectivity index (χ3n) is 3.64. The molecule has 0 radical (unpaired) electrons. The quantitative estimate of drug-likeness (QED) is 0.837. The first kappa shape index (κ1) is 16.8. The normalized spacial score (nSPS) is 18.0. The lowest BCUT2D eigenvalue weighted by molar-refractivity contribution is -0.113. The van der Waals surface area contributed by atoms with Crippen LogP contribution in [0.15, 0.2) is 10.3 Å². The highest BCUT2D eigenvalue weighted by Gasteiger charge is 2.24. The summed E-state index contributed by atoms with van der Waals surface area (Å²) in [4.78, 5) is 12.7. The van der Waals surface area contributed by atoms with Crippen molar-refractivity contribution in [1.29, 1.82) is 0 Å². The van der Waals surface area contributed by atoms with E-state index in [2.05, 4.69) is 44.4 Å². The highest BCUT2D eigenvalue weighted by atomic mass is 32.2. The maximum Gasteiger partial charge on any atom is 0.234 e. The second kappa shape index (κ2) is 6.69. The van der Waals surface area contributed by atoms with Crippen molar-refractivity contribution in [3.63, 3.8) is 0 Å². The number of ether oxygens (including phenoxy) is 1. The van der Waals surface area contributed by atoms with Gasteiger partial charge in [-0.05, 0) is 40.2 Å². The van der Waals surface area contributed by atoms with Gasteiger partial charge in [-0.1, -0.05) is 0 Å². The molecule has 0 unspecified atom stereocenters. The van der Waals surface area contributed by atoms with Crippen LogP contribution in [0.4, 0.5) is 5.69 Å². The minimum Gasteiger partial charge on any atom is -0.379 e. The molecule has 1 aromatic rings. The van der Waals surface area contributed by atoms with Crippen LogP contribution in [0.25, 0.3) is 0 Å². The molecule has 1 aliphatic heterocycles. The second-order valence-corrected chi connectivity index (χ2v) is 8.47. The van der Waals surface area contributed by atoms with E-state index in [0.29, 0.717) is 11.8 Å². The summed E-state index contributed by atoms with van der Waals surface area (Å²) in [5.41, 5.74) is 0.847. The smallest absolute Gasteiger partial charge is 0.234 e. The number of hydrogen-bond donors (Lipinski definition) is 2. The zero-order valence-electron chi connectivity index (χ0n) is 13.3. The van der Waals surface area contributed by atoms with Crippen LogP contribution in [-0.2, 0) is 9.53 Å². The van der Waals surface area contributed by atoms with E-state index in [0.717, 1.165) is 12.1 Å². The lowest BCUT2D eigenvalue weighted by Gasteiger charge is -2.28. The molecule has 0 saturated heterocycles. The fraction of sp³-hybridized carbons (Fsp3) is 0.667. The minimum atomic E-state index is -0.120. The molecule has 6 heteroatoms. The topological polar surface area (TPSA) is 50.4 Å². The first-order chi connectivity index (χ1) is 9.80. The van der Waals surface area contributed by atoms with Crippen molar-refractivity contribution < 1.29 is 9.53 Å². The van der Waals surface area contributed by atoms with Gasteiger partial charge in [-0.3, -0.25) is 4.79 Å². The number of thioether (sulfide) groups is 1. The molecule has 0 aromatic carbocycles. The number of nitrogens with one attached hydrogen (secondary N) is 2. The Balaban J connectivity index is 1.97. The number of rotatable bonds is 6. The van der Waals surface area contributed by atoms with Crippen LogP contribution in [0.2, 0.25) is 0 Å². The third-order valence-corrected chi connectivity index (χ3v) is 6.24. The lowest BCUT2D eigenvalue weighted by atomic mass is 9.99. The van der Waals surface area contributed by atoms with Crippen molar-refractivity contribution >= 4 is 34.7 Å². The van der Waals surface area contributed by atoms with E-state index in [9.17, 15) is 4.79 Å². The van der Waals surface area contributed by atoms with Gasteiger partial charge in [0.05, 0.1) is 21.3 Å². The average Bonchev–Trinajstić information content (AvgIpc) is 2.81. The predicted molar refractivity (Wildman–Crippen MR) is 90.4 cm³/mol. The second-order valence-electron chi connectivity index (χ2n) is 6.14. The minimum absolute atomic E-state index is 0.0904. The monoisotopic (exact) mass is 328 g/mol. The Bertz CT molecular complexity index is 514. The molecule has 1 amide bonds. The molecule has 0 fully saturated rings. The summed E-state index contributed by atoms with van der Waals surface area (Å²) in [6.45, 7) is 8.55. The number of hydrogen-bond acceptors (Lipinski definition) is 5. The first-order valence-electron chi connectivity index (χ1n) is 7.18. The Morgan fingerprint density at radius 2 is 2.19 bits per heavy atom. The van der Waals surface area contributed by atoms with Crippen LogP contribution in [0.3, 0.4) is 0 Å². The molecule has 4 nitrogen and oxygen atoms in total. The summed E-state index contributed by atoms with van der Waals surface area (Å²) in [7, 11) is 1.75. The Kier molecular flexibility index (Phi) is 5.35. The van der Waals surface area contributed by atoms with Gasteiger partial charge in [0, 0.05) is 24.1 Å². The van der Waals surface area contributed by atoms with Crippen LogP contribution in [0, 0.1) is 0 Å². The van der Waals surface area contributed by atoms with Gasteiger partial charge in [0.1, 0.15) is 0 Å². The van der Waals surface area contributed by atoms with E-state index in [4.69, 9.17) is 4.74 Å². The van der Waals surface area contributed by atoms with Crippen LogP contribution in [-0.4, -0.2) is 30.4 Å². The van der Waals surface area contributed by atoms with Gasteiger partial charge < -0.3 is 15.4 Å². The molecule has 0 spiro atoms. The zero-order chi connectivity index (χ0) is 15.6. The number of carbonyl (C=O) groups excluding carboxylic acids is 1. The Morgan fingerprint density at radius 3 is 2.86 bits per heavy atom. The lowest BCUT2D eigenvalue weighted by Crippen LogP contribution is -2.36. The molecule has 2 rings (SSSR count). The van der Waals surface area contributed by atoms with Crippen molar-refractivity contribution in [2.75, 3.05) is 18.2 Å². The summed E-state index contributed by atoms with van der Waals surface area (Å²) in [5.74, 6) is 0.611. The number of anilines is 1. The van der Waals surface area contributed by atoms with Crippen LogP contribution < -0.4 is 10.6 Å². The van der Waals surface area contributed by atoms with Crippen molar-refractivity contribution in [3.8, 4) is 0 Å². The van der Waals surface area contributed by atoms with Gasteiger partial charge in [0.15, 0.2) is 0 Å². The van der Waals surface area contributed by atoms with E-state index in [-0.39, 0.29) is 17.6 Å². The molecule has 0 bridgehead atoms. The number of methoxy groups -OCH3 is 1. The molecule has 2 heterocycles. The highest BCUT2D eigenvalue weighted by Crippen LogP contribution is 2.41. The molecule has 1 aromatic heterocycles. The molecule has 2 N–H and O–H groups in total. The van der Waals surface area contributed by atoms with Gasteiger partial charge in [-0.2, -0.15) is 0 Å². The van der Waals surface area contributed by atoms with E-state index in [1.807, 2.05) is 0 Å². The average molecular weight is 329 g/mol. The van der Waals surface area contributed by atoms with Gasteiger partial charge in [-0.15, -0.1) is 23.1 Å². The number of thiophene rings is 1. The van der Waals surface area contributed by atoms with Crippen molar-refractivity contribution in [2.24, 2.45) is 0 Å². The van der Waals surface area contributed by atoms with E-state index in [1.54, 1.807) is 30.2 Å². The fourth-order valence-corrected chi connectivity index (χ4v) is 4.66. The maximum atomic E-state index is 11.4. The van der Waals surface area contributed by atoms with Crippen molar-refractivity contribution in [2.45, 2.75) is 56.0 Å². The maximum absolute atomic E-state index is 11.4. The molecule has 0 saturated carbocycles. The molecule has 1 aliphatic rings. The van der Waals surface area contributed by atoms with Gasteiger partial charge in [-0.25, -0.2) is 0 Å². The number of amides is 1. The van der Waals surface area contributed by atoms with Gasteiger partial charge in [0.2, 0.25) is 5.91 Å². The Labute approximate surface area is 135 Å². The summed E-state index contributed by atoms with van der Waals surface area (Å²) in [6, 6.07) is 2.72. The van der Waals surface area contributed by atoms with Crippen LogP contribution >= 0.6 is 23.1 Å². The Morgan fingerprint density at radius 1 is 1.48 bits per heavy atom. The van der Waals surface area contributed by atoms with E-state index < -0.39 is 0 Å². The van der Waals surface area contributed by atoms with Crippen LogP contribution in [0.5, 0.6) is 0 Å². The molecule has 118 valence electrons. The summed E-state index contributed by atoms with van der Waals surface area (Å²) < 4.78 is 6.70. The van der Waals surface area contributed by atoms with Gasteiger partial charge >= 0.3 is 0 Å². The fourth-order valence-electron chi connectivity index (χ4n) is 2.51. The largest absolute Gasteiger partial charge is 0.379 e. The summed E-state index contributed by atoms with van der Waals surface area (Å²) in [6.07, 6.45) is 0.949. The standard InChI is InChI=1S/C15H24N2O2S2/c1-9(7-15(3,4)19-5)16-10(2)12-6-11-14(21-12)20-8-13(18)17-11/h6,9-10,16H,7-8H2,1-5H3,(H,17,18)/t9-,10-/m0/s1. The van der Waals surface area contributed by atoms with E-state index >= 15 is 0 Å². The van der Waals surface area contributed by atoms with Crippen molar-refractivity contribution in [1.82, 2.24) is 5.32 Å². The molecular weight excluding hydrogens is 304 g/mol. The zero-order valence-corrected chi connectivity index (χ0v) is 14.9. The first-order valence-corrected chi connectivity index (χ1v) is 8.98. The number of carbonyl (C=O) groups is 1. The Hall–Kier alpha value is -0.560. The molecule has 0 aliphatic carbocycles. The molecule has 2 atom stereocenters. The summed E-state index contributed by atoms with van der Waals surface area (Å²) >= 11 is 3.39. The molecular formula is C15H24N2O2S2. The highest BCUT2D eigenvalue weighted by molar-refractivity contribution is 8.02. The van der Waals surface area contributed by atoms with Gasteiger partial charge in [0.25, 0.3) is 0 Å².